The van der Waals surface area contributed by atoms with Gasteiger partial charge in [0.15, 0.2) is 0 Å². The molecule has 0 radical (unpaired) electrons. The fraction of sp³-hybridized carbons (Fsp3) is 0.846. The SMILES string of the molecule is CCOC(CNC(=O)NC1(CC)CCC1)CC(=O)O. The summed E-state index contributed by atoms with van der Waals surface area (Å²) >= 11 is 0. The molecule has 1 saturated carbocycles. The molecule has 1 atom stereocenters. The lowest BCUT2D eigenvalue weighted by Crippen LogP contribution is -2.56. The third-order valence-electron chi connectivity index (χ3n) is 3.66. The summed E-state index contributed by atoms with van der Waals surface area (Å²) in [6.45, 7) is 4.51. The fourth-order valence-corrected chi connectivity index (χ4v) is 2.28. The summed E-state index contributed by atoms with van der Waals surface area (Å²) in [5.41, 5.74) is -0.0575. The van der Waals surface area contributed by atoms with Crippen molar-refractivity contribution in [3.63, 3.8) is 0 Å². The van der Waals surface area contributed by atoms with E-state index >= 15 is 0 Å². The van der Waals surface area contributed by atoms with Gasteiger partial charge in [0.1, 0.15) is 0 Å². The van der Waals surface area contributed by atoms with Crippen molar-refractivity contribution < 1.29 is 19.4 Å². The first-order valence-electron chi connectivity index (χ1n) is 6.90. The van der Waals surface area contributed by atoms with E-state index in [4.69, 9.17) is 9.84 Å². The van der Waals surface area contributed by atoms with E-state index in [9.17, 15) is 9.59 Å². The molecule has 0 aliphatic heterocycles. The van der Waals surface area contributed by atoms with E-state index in [1.165, 1.54) is 0 Å². The molecule has 1 aliphatic rings. The summed E-state index contributed by atoms with van der Waals surface area (Å²) in [5, 5.41) is 14.4. The Morgan fingerprint density at radius 3 is 2.47 bits per heavy atom. The van der Waals surface area contributed by atoms with Crippen molar-refractivity contribution in [2.75, 3.05) is 13.2 Å². The van der Waals surface area contributed by atoms with Crippen LogP contribution in [-0.2, 0) is 9.53 Å². The van der Waals surface area contributed by atoms with Gasteiger partial charge in [0.2, 0.25) is 0 Å². The monoisotopic (exact) mass is 272 g/mol. The van der Waals surface area contributed by atoms with E-state index in [1.807, 2.05) is 0 Å². The van der Waals surface area contributed by atoms with Crippen LogP contribution in [0.2, 0.25) is 0 Å². The number of amides is 2. The van der Waals surface area contributed by atoms with Gasteiger partial charge in [-0.2, -0.15) is 0 Å². The molecular formula is C13H24N2O4. The minimum absolute atomic E-state index is 0.0575. The van der Waals surface area contributed by atoms with Gasteiger partial charge in [0, 0.05) is 18.7 Å². The van der Waals surface area contributed by atoms with E-state index in [0.717, 1.165) is 25.7 Å². The molecule has 6 nitrogen and oxygen atoms in total. The van der Waals surface area contributed by atoms with Gasteiger partial charge in [-0.05, 0) is 32.6 Å². The first kappa shape index (κ1) is 15.8. The van der Waals surface area contributed by atoms with Crippen LogP contribution in [0.25, 0.3) is 0 Å². The molecule has 0 aromatic rings. The molecule has 3 N–H and O–H groups in total. The Balaban J connectivity index is 2.32. The predicted molar refractivity (Wildman–Crippen MR) is 71.1 cm³/mol. The van der Waals surface area contributed by atoms with Crippen LogP contribution in [-0.4, -0.2) is 41.9 Å². The smallest absolute Gasteiger partial charge is 0.315 e. The molecule has 6 heteroatoms. The number of hydrogen-bond acceptors (Lipinski definition) is 3. The van der Waals surface area contributed by atoms with Gasteiger partial charge >= 0.3 is 12.0 Å². The van der Waals surface area contributed by atoms with Crippen molar-refractivity contribution in [2.24, 2.45) is 0 Å². The fourth-order valence-electron chi connectivity index (χ4n) is 2.28. The molecule has 0 saturated heterocycles. The first-order chi connectivity index (χ1) is 9.01. The van der Waals surface area contributed by atoms with Gasteiger partial charge in [-0.15, -0.1) is 0 Å². The summed E-state index contributed by atoms with van der Waals surface area (Å²) in [6, 6.07) is -0.239. The molecule has 1 unspecified atom stereocenters. The topological polar surface area (TPSA) is 87.7 Å². The van der Waals surface area contributed by atoms with E-state index in [2.05, 4.69) is 17.6 Å². The largest absolute Gasteiger partial charge is 0.481 e. The number of carboxylic acid groups (broad SMARTS) is 1. The molecule has 0 heterocycles. The predicted octanol–water partition coefficient (Wildman–Crippen LogP) is 1.50. The summed E-state index contributed by atoms with van der Waals surface area (Å²) in [5.74, 6) is -0.926. The van der Waals surface area contributed by atoms with Gasteiger partial charge in [-0.3, -0.25) is 4.79 Å². The molecule has 1 fully saturated rings. The van der Waals surface area contributed by atoms with Crippen LogP contribution in [0.3, 0.4) is 0 Å². The van der Waals surface area contributed by atoms with Gasteiger partial charge in [-0.25, -0.2) is 4.79 Å². The van der Waals surface area contributed by atoms with Crippen LogP contribution < -0.4 is 10.6 Å². The maximum absolute atomic E-state index is 11.8. The third-order valence-corrected chi connectivity index (χ3v) is 3.66. The van der Waals surface area contributed by atoms with Gasteiger partial charge in [0.25, 0.3) is 0 Å². The second kappa shape index (κ2) is 7.33. The number of carbonyl (C=O) groups is 2. The van der Waals surface area contributed by atoms with E-state index in [1.54, 1.807) is 6.92 Å². The molecule has 1 rings (SSSR count). The number of nitrogens with one attached hydrogen (secondary N) is 2. The normalized spacial score (nSPS) is 18.2. The van der Waals surface area contributed by atoms with Gasteiger partial charge < -0.3 is 20.5 Å². The average Bonchev–Trinajstić information content (AvgIpc) is 2.30. The Morgan fingerprint density at radius 2 is 2.05 bits per heavy atom. The van der Waals surface area contributed by atoms with Crippen LogP contribution in [0, 0.1) is 0 Å². The Bertz CT molecular complexity index is 310. The maximum Gasteiger partial charge on any atom is 0.315 e. The molecule has 0 bridgehead atoms. The maximum atomic E-state index is 11.8. The van der Waals surface area contributed by atoms with Crippen LogP contribution in [0.4, 0.5) is 4.79 Å². The number of ether oxygens (including phenoxy) is 1. The van der Waals surface area contributed by atoms with Crippen molar-refractivity contribution in [3.8, 4) is 0 Å². The van der Waals surface area contributed by atoms with Crippen LogP contribution in [0.1, 0.15) is 46.0 Å². The van der Waals surface area contributed by atoms with Crippen LogP contribution in [0.5, 0.6) is 0 Å². The van der Waals surface area contributed by atoms with E-state index < -0.39 is 12.1 Å². The Morgan fingerprint density at radius 1 is 1.37 bits per heavy atom. The Kier molecular flexibility index (Phi) is 6.08. The number of urea groups is 1. The molecule has 110 valence electrons. The minimum Gasteiger partial charge on any atom is -0.481 e. The summed E-state index contributed by atoms with van der Waals surface area (Å²) in [4.78, 5) is 22.4. The highest BCUT2D eigenvalue weighted by Gasteiger charge is 2.36. The quantitative estimate of drug-likeness (QED) is 0.625. The second-order valence-corrected chi connectivity index (χ2v) is 5.00. The number of carbonyl (C=O) groups excluding carboxylic acids is 1. The lowest BCUT2D eigenvalue weighted by atomic mass is 9.75. The molecule has 0 aromatic carbocycles. The van der Waals surface area contributed by atoms with Crippen LogP contribution in [0.15, 0.2) is 0 Å². The summed E-state index contributed by atoms with van der Waals surface area (Å²) in [7, 11) is 0. The zero-order valence-corrected chi connectivity index (χ0v) is 11.7. The van der Waals surface area contributed by atoms with Gasteiger partial charge in [0.05, 0.1) is 12.5 Å². The highest BCUT2D eigenvalue weighted by atomic mass is 16.5. The number of rotatable bonds is 8. The highest BCUT2D eigenvalue weighted by molar-refractivity contribution is 5.75. The first-order valence-corrected chi connectivity index (χ1v) is 6.90. The lowest BCUT2D eigenvalue weighted by molar-refractivity contribution is -0.140. The van der Waals surface area contributed by atoms with Crippen LogP contribution >= 0.6 is 0 Å². The summed E-state index contributed by atoms with van der Waals surface area (Å²) in [6.07, 6.45) is 3.51. The van der Waals surface area contributed by atoms with Crippen molar-refractivity contribution in [2.45, 2.75) is 57.6 Å². The molecule has 0 spiro atoms. The average molecular weight is 272 g/mol. The zero-order valence-electron chi connectivity index (χ0n) is 11.7. The number of hydrogen-bond donors (Lipinski definition) is 3. The number of carboxylic acids is 1. The Labute approximate surface area is 113 Å². The molecule has 0 aromatic heterocycles. The zero-order chi connectivity index (χ0) is 14.3. The minimum atomic E-state index is -0.926. The molecule has 1 aliphatic carbocycles. The second-order valence-electron chi connectivity index (χ2n) is 5.00. The van der Waals surface area contributed by atoms with Crippen molar-refractivity contribution in [1.82, 2.24) is 10.6 Å². The van der Waals surface area contributed by atoms with Crippen molar-refractivity contribution in [1.29, 1.82) is 0 Å². The third kappa shape index (κ3) is 5.06. The van der Waals surface area contributed by atoms with E-state index in [-0.39, 0.29) is 24.5 Å². The standard InChI is InChI=1S/C13H24N2O4/c1-3-13(6-5-7-13)15-12(18)14-9-10(19-4-2)8-11(16)17/h10H,3-9H2,1-2H3,(H,16,17)(H2,14,15,18). The van der Waals surface area contributed by atoms with Gasteiger partial charge in [-0.1, -0.05) is 6.92 Å². The van der Waals surface area contributed by atoms with Crippen molar-refractivity contribution in [3.05, 3.63) is 0 Å². The van der Waals surface area contributed by atoms with E-state index in [0.29, 0.717) is 6.61 Å². The van der Waals surface area contributed by atoms with Crippen molar-refractivity contribution >= 4 is 12.0 Å². The molecule has 2 amide bonds. The Hall–Kier alpha value is -1.30. The molecular weight excluding hydrogens is 248 g/mol. The number of aliphatic carboxylic acids is 1. The molecule has 19 heavy (non-hydrogen) atoms. The lowest BCUT2D eigenvalue weighted by Gasteiger charge is -2.41. The summed E-state index contributed by atoms with van der Waals surface area (Å²) < 4.78 is 5.28. The highest BCUT2D eigenvalue weighted by Crippen LogP contribution is 2.34.